The van der Waals surface area contributed by atoms with Gasteiger partial charge in [0.15, 0.2) is 0 Å². The van der Waals surface area contributed by atoms with Crippen LogP contribution in [0.25, 0.3) is 0 Å². The third-order valence-electron chi connectivity index (χ3n) is 4.48. The predicted molar refractivity (Wildman–Crippen MR) is 103 cm³/mol. The van der Waals surface area contributed by atoms with Gasteiger partial charge in [-0.3, -0.25) is 0 Å². The fraction of sp³-hybridized carbons (Fsp3) is 0.350. The van der Waals surface area contributed by atoms with Gasteiger partial charge in [-0.1, -0.05) is 44.2 Å². The van der Waals surface area contributed by atoms with Crippen LogP contribution in [-0.2, 0) is 6.18 Å². The van der Waals surface area contributed by atoms with Gasteiger partial charge in [0, 0.05) is 18.0 Å². The Hall–Kier alpha value is -2.15. The molecule has 1 heterocycles. The standard InChI is InChI=1S/C20H21F3N2OS/c1-13(2)14-6-8-15(9-7-14)18-25(10-11-27-18)19(26)24-17-5-3-4-16(12-17)20(21,22)23/h3-9,12-13,18H,10-11H2,1-2H3,(H,24,26). The summed E-state index contributed by atoms with van der Waals surface area (Å²) in [6, 6.07) is 12.4. The summed E-state index contributed by atoms with van der Waals surface area (Å²) in [6.07, 6.45) is -4.44. The third-order valence-corrected chi connectivity index (χ3v) is 5.74. The zero-order chi connectivity index (χ0) is 19.6. The molecule has 1 aliphatic rings. The van der Waals surface area contributed by atoms with Crippen LogP contribution >= 0.6 is 11.8 Å². The van der Waals surface area contributed by atoms with Gasteiger partial charge in [0.25, 0.3) is 0 Å². The maximum atomic E-state index is 12.9. The van der Waals surface area contributed by atoms with E-state index in [2.05, 4.69) is 31.3 Å². The number of carbonyl (C=O) groups is 1. The van der Waals surface area contributed by atoms with Crippen LogP contribution in [0.1, 0.15) is 41.8 Å². The Morgan fingerprint density at radius 2 is 1.89 bits per heavy atom. The molecule has 7 heteroatoms. The highest BCUT2D eigenvalue weighted by Crippen LogP contribution is 2.38. The van der Waals surface area contributed by atoms with Crippen LogP contribution in [0.2, 0.25) is 0 Å². The van der Waals surface area contributed by atoms with E-state index in [-0.39, 0.29) is 11.1 Å². The molecule has 1 aliphatic heterocycles. The highest BCUT2D eigenvalue weighted by Gasteiger charge is 2.32. The maximum absolute atomic E-state index is 12.9. The summed E-state index contributed by atoms with van der Waals surface area (Å²) in [5.74, 6) is 1.21. The molecule has 0 radical (unpaired) electrons. The van der Waals surface area contributed by atoms with Crippen molar-refractivity contribution >= 4 is 23.5 Å². The van der Waals surface area contributed by atoms with Crippen LogP contribution in [0.4, 0.5) is 23.7 Å². The fourth-order valence-electron chi connectivity index (χ4n) is 2.97. The highest BCUT2D eigenvalue weighted by molar-refractivity contribution is 7.99. The summed E-state index contributed by atoms with van der Waals surface area (Å²) < 4.78 is 38.6. The molecule has 1 unspecified atom stereocenters. The van der Waals surface area contributed by atoms with Crippen molar-refractivity contribution in [3.63, 3.8) is 0 Å². The normalized spacial score (nSPS) is 17.4. The summed E-state index contributed by atoms with van der Waals surface area (Å²) >= 11 is 1.65. The number of thioether (sulfide) groups is 1. The Bertz CT molecular complexity index is 806. The van der Waals surface area contributed by atoms with Gasteiger partial charge >= 0.3 is 12.2 Å². The number of amides is 2. The summed E-state index contributed by atoms with van der Waals surface area (Å²) in [6.45, 7) is 4.79. The van der Waals surface area contributed by atoms with Crippen molar-refractivity contribution in [1.29, 1.82) is 0 Å². The molecule has 2 amide bonds. The van der Waals surface area contributed by atoms with E-state index in [0.29, 0.717) is 12.5 Å². The number of urea groups is 1. The predicted octanol–water partition coefficient (Wildman–Crippen LogP) is 6.11. The molecular weight excluding hydrogens is 373 g/mol. The fourth-order valence-corrected chi connectivity index (χ4v) is 4.22. The number of anilines is 1. The van der Waals surface area contributed by atoms with Crippen LogP contribution < -0.4 is 5.32 Å². The Morgan fingerprint density at radius 3 is 2.52 bits per heavy atom. The summed E-state index contributed by atoms with van der Waals surface area (Å²) in [4.78, 5) is 14.3. The zero-order valence-corrected chi connectivity index (χ0v) is 15.9. The lowest BCUT2D eigenvalue weighted by molar-refractivity contribution is -0.137. The molecule has 2 aromatic carbocycles. The van der Waals surface area contributed by atoms with E-state index in [4.69, 9.17) is 0 Å². The third kappa shape index (κ3) is 4.58. The van der Waals surface area contributed by atoms with E-state index in [0.717, 1.165) is 23.4 Å². The number of nitrogens with zero attached hydrogens (tertiary/aromatic N) is 1. The molecule has 27 heavy (non-hydrogen) atoms. The van der Waals surface area contributed by atoms with Gasteiger partial charge in [-0.25, -0.2) is 4.79 Å². The second kappa shape index (κ2) is 7.84. The van der Waals surface area contributed by atoms with Gasteiger partial charge in [0.2, 0.25) is 0 Å². The number of hydrogen-bond donors (Lipinski definition) is 1. The van der Waals surface area contributed by atoms with Crippen molar-refractivity contribution in [2.24, 2.45) is 0 Å². The molecule has 144 valence electrons. The average Bonchev–Trinajstić information content (AvgIpc) is 3.11. The van der Waals surface area contributed by atoms with Crippen molar-refractivity contribution in [1.82, 2.24) is 4.90 Å². The molecule has 3 rings (SSSR count). The molecule has 1 fully saturated rings. The first-order chi connectivity index (χ1) is 12.8. The number of alkyl halides is 3. The van der Waals surface area contributed by atoms with Crippen molar-refractivity contribution < 1.29 is 18.0 Å². The SMILES string of the molecule is CC(C)c1ccc(C2SCCN2C(=O)Nc2cccc(C(F)(F)F)c2)cc1. The minimum atomic E-state index is -4.44. The lowest BCUT2D eigenvalue weighted by Gasteiger charge is -2.25. The van der Waals surface area contributed by atoms with Gasteiger partial charge in [0.05, 0.1) is 5.56 Å². The van der Waals surface area contributed by atoms with Crippen LogP contribution in [-0.4, -0.2) is 23.2 Å². The minimum Gasteiger partial charge on any atom is -0.308 e. The van der Waals surface area contributed by atoms with Gasteiger partial charge in [0.1, 0.15) is 5.37 Å². The Labute approximate surface area is 160 Å². The molecule has 0 aliphatic carbocycles. The van der Waals surface area contributed by atoms with E-state index < -0.39 is 17.8 Å². The molecule has 1 atom stereocenters. The summed E-state index contributed by atoms with van der Waals surface area (Å²) in [5, 5.41) is 2.46. The van der Waals surface area contributed by atoms with Gasteiger partial charge in [-0.05, 0) is 35.2 Å². The number of hydrogen-bond acceptors (Lipinski definition) is 2. The first-order valence-corrected chi connectivity index (χ1v) is 9.77. The molecule has 1 N–H and O–H groups in total. The Kier molecular flexibility index (Phi) is 5.69. The second-order valence-electron chi connectivity index (χ2n) is 6.75. The van der Waals surface area contributed by atoms with E-state index in [9.17, 15) is 18.0 Å². The van der Waals surface area contributed by atoms with Crippen molar-refractivity contribution in [2.45, 2.75) is 31.3 Å². The summed E-state index contributed by atoms with van der Waals surface area (Å²) in [5.41, 5.74) is 1.60. The monoisotopic (exact) mass is 394 g/mol. The first kappa shape index (κ1) is 19.6. The topological polar surface area (TPSA) is 32.3 Å². The van der Waals surface area contributed by atoms with E-state index in [1.165, 1.54) is 17.7 Å². The number of nitrogens with one attached hydrogen (secondary N) is 1. The lowest BCUT2D eigenvalue weighted by Crippen LogP contribution is -2.34. The van der Waals surface area contributed by atoms with Crippen molar-refractivity contribution in [2.75, 3.05) is 17.6 Å². The van der Waals surface area contributed by atoms with Crippen LogP contribution in [0, 0.1) is 0 Å². The van der Waals surface area contributed by atoms with Crippen LogP contribution in [0.3, 0.4) is 0 Å². The second-order valence-corrected chi connectivity index (χ2v) is 7.93. The van der Waals surface area contributed by atoms with Crippen LogP contribution in [0.15, 0.2) is 48.5 Å². The van der Waals surface area contributed by atoms with E-state index in [1.807, 2.05) is 12.1 Å². The van der Waals surface area contributed by atoms with Gasteiger partial charge in [-0.2, -0.15) is 13.2 Å². The number of halogens is 3. The largest absolute Gasteiger partial charge is 0.416 e. The highest BCUT2D eigenvalue weighted by atomic mass is 32.2. The smallest absolute Gasteiger partial charge is 0.308 e. The minimum absolute atomic E-state index is 0.139. The first-order valence-electron chi connectivity index (χ1n) is 8.72. The molecule has 0 saturated carbocycles. The number of rotatable bonds is 3. The number of benzene rings is 2. The maximum Gasteiger partial charge on any atom is 0.416 e. The Balaban J connectivity index is 1.74. The summed E-state index contributed by atoms with van der Waals surface area (Å²) in [7, 11) is 0. The lowest BCUT2D eigenvalue weighted by atomic mass is 10.0. The van der Waals surface area contributed by atoms with Gasteiger partial charge in [-0.15, -0.1) is 11.8 Å². The molecule has 2 aromatic rings. The van der Waals surface area contributed by atoms with Gasteiger partial charge < -0.3 is 10.2 Å². The average molecular weight is 394 g/mol. The molecule has 3 nitrogen and oxygen atoms in total. The molecule has 1 saturated heterocycles. The quantitative estimate of drug-likeness (QED) is 0.681. The number of carbonyl (C=O) groups excluding carboxylic acids is 1. The molecular formula is C20H21F3N2OS. The van der Waals surface area contributed by atoms with Crippen molar-refractivity contribution in [3.8, 4) is 0 Å². The van der Waals surface area contributed by atoms with Crippen molar-refractivity contribution in [3.05, 3.63) is 65.2 Å². The molecule has 0 aromatic heterocycles. The van der Waals surface area contributed by atoms with Crippen LogP contribution in [0.5, 0.6) is 0 Å². The van der Waals surface area contributed by atoms with E-state index in [1.54, 1.807) is 16.7 Å². The molecule has 0 bridgehead atoms. The Morgan fingerprint density at radius 1 is 1.19 bits per heavy atom. The zero-order valence-electron chi connectivity index (χ0n) is 15.1. The van der Waals surface area contributed by atoms with E-state index >= 15 is 0 Å². The molecule has 0 spiro atoms.